The standard InChI is InChI=1S/C11H23NO3S/c1-9(2)5-6-16(14,15)12-8-10-3-4-11(13)7-10/h9-13H,3-8H2,1-2H3. The van der Waals surface area contributed by atoms with Gasteiger partial charge in [0.1, 0.15) is 0 Å². The van der Waals surface area contributed by atoms with Crippen LogP contribution in [0.25, 0.3) is 0 Å². The van der Waals surface area contributed by atoms with Gasteiger partial charge in [0.05, 0.1) is 11.9 Å². The third-order valence-electron chi connectivity index (χ3n) is 3.07. The second kappa shape index (κ2) is 5.98. The van der Waals surface area contributed by atoms with Crippen molar-refractivity contribution in [1.29, 1.82) is 0 Å². The first-order valence-corrected chi connectivity index (χ1v) is 7.69. The summed E-state index contributed by atoms with van der Waals surface area (Å²) in [4.78, 5) is 0. The van der Waals surface area contributed by atoms with Crippen LogP contribution in [-0.4, -0.2) is 31.9 Å². The van der Waals surface area contributed by atoms with Crippen molar-refractivity contribution < 1.29 is 13.5 Å². The maximum atomic E-state index is 11.6. The molecule has 0 aromatic heterocycles. The van der Waals surface area contributed by atoms with E-state index >= 15 is 0 Å². The first kappa shape index (κ1) is 13.9. The first-order chi connectivity index (χ1) is 7.39. The summed E-state index contributed by atoms with van der Waals surface area (Å²) < 4.78 is 25.8. The summed E-state index contributed by atoms with van der Waals surface area (Å²) in [7, 11) is -3.11. The van der Waals surface area contributed by atoms with Crippen molar-refractivity contribution in [3.05, 3.63) is 0 Å². The number of aliphatic hydroxyl groups excluding tert-OH is 1. The van der Waals surface area contributed by atoms with E-state index < -0.39 is 10.0 Å². The van der Waals surface area contributed by atoms with Gasteiger partial charge in [-0.25, -0.2) is 13.1 Å². The minimum Gasteiger partial charge on any atom is -0.393 e. The molecule has 5 heteroatoms. The van der Waals surface area contributed by atoms with E-state index in [1.54, 1.807) is 0 Å². The van der Waals surface area contributed by atoms with E-state index in [1.807, 2.05) is 13.8 Å². The molecule has 0 bridgehead atoms. The Balaban J connectivity index is 2.25. The van der Waals surface area contributed by atoms with Crippen molar-refractivity contribution in [1.82, 2.24) is 4.72 Å². The molecule has 1 fully saturated rings. The molecule has 0 aromatic carbocycles. The van der Waals surface area contributed by atoms with Crippen molar-refractivity contribution in [3.63, 3.8) is 0 Å². The minimum atomic E-state index is -3.11. The number of aliphatic hydroxyl groups is 1. The molecule has 96 valence electrons. The van der Waals surface area contributed by atoms with Gasteiger partial charge in [-0.2, -0.15) is 0 Å². The van der Waals surface area contributed by atoms with Crippen LogP contribution in [0.1, 0.15) is 39.5 Å². The van der Waals surface area contributed by atoms with Crippen molar-refractivity contribution >= 4 is 10.0 Å². The Labute approximate surface area is 98.5 Å². The molecule has 1 aliphatic rings. The normalized spacial score (nSPS) is 26.5. The fourth-order valence-electron chi connectivity index (χ4n) is 1.94. The van der Waals surface area contributed by atoms with Gasteiger partial charge in [-0.1, -0.05) is 13.8 Å². The molecule has 1 aliphatic carbocycles. The Hall–Kier alpha value is -0.130. The number of rotatable bonds is 6. The molecule has 16 heavy (non-hydrogen) atoms. The average molecular weight is 249 g/mol. The zero-order chi connectivity index (χ0) is 12.2. The van der Waals surface area contributed by atoms with Gasteiger partial charge in [0.15, 0.2) is 0 Å². The fourth-order valence-corrected chi connectivity index (χ4v) is 3.36. The number of hydrogen-bond donors (Lipinski definition) is 2. The van der Waals surface area contributed by atoms with Crippen LogP contribution in [0.15, 0.2) is 0 Å². The lowest BCUT2D eigenvalue weighted by atomic mass is 10.1. The molecule has 0 spiro atoms. The number of nitrogens with one attached hydrogen (secondary N) is 1. The van der Waals surface area contributed by atoms with Gasteiger partial charge in [0.2, 0.25) is 10.0 Å². The van der Waals surface area contributed by atoms with Crippen molar-refractivity contribution in [2.24, 2.45) is 11.8 Å². The van der Waals surface area contributed by atoms with Crippen LogP contribution < -0.4 is 4.72 Å². The quantitative estimate of drug-likeness (QED) is 0.741. The molecule has 0 aromatic rings. The van der Waals surface area contributed by atoms with E-state index in [2.05, 4.69) is 4.72 Å². The van der Waals surface area contributed by atoms with E-state index in [0.29, 0.717) is 24.8 Å². The molecule has 0 heterocycles. The second-order valence-electron chi connectivity index (χ2n) is 5.18. The Morgan fingerprint density at radius 2 is 2.06 bits per heavy atom. The molecule has 0 amide bonds. The van der Waals surface area contributed by atoms with Gasteiger partial charge in [0, 0.05) is 6.54 Å². The van der Waals surface area contributed by atoms with Gasteiger partial charge >= 0.3 is 0 Å². The highest BCUT2D eigenvalue weighted by Crippen LogP contribution is 2.24. The molecule has 4 nitrogen and oxygen atoms in total. The SMILES string of the molecule is CC(C)CCS(=O)(=O)NCC1CCC(O)C1. The molecule has 2 unspecified atom stereocenters. The molecular weight excluding hydrogens is 226 g/mol. The van der Waals surface area contributed by atoms with Crippen LogP contribution in [0.3, 0.4) is 0 Å². The molecule has 2 N–H and O–H groups in total. The van der Waals surface area contributed by atoms with E-state index in [1.165, 1.54) is 0 Å². The van der Waals surface area contributed by atoms with Crippen molar-refractivity contribution in [2.45, 2.75) is 45.6 Å². The highest BCUT2D eigenvalue weighted by molar-refractivity contribution is 7.89. The maximum absolute atomic E-state index is 11.6. The van der Waals surface area contributed by atoms with E-state index in [9.17, 15) is 13.5 Å². The van der Waals surface area contributed by atoms with Crippen LogP contribution in [0.4, 0.5) is 0 Å². The van der Waals surface area contributed by atoms with Crippen LogP contribution >= 0.6 is 0 Å². The molecule has 1 rings (SSSR count). The number of hydrogen-bond acceptors (Lipinski definition) is 3. The molecule has 1 saturated carbocycles. The Bertz CT molecular complexity index is 300. The smallest absolute Gasteiger partial charge is 0.211 e. The largest absolute Gasteiger partial charge is 0.393 e. The summed E-state index contributed by atoms with van der Waals surface area (Å²) >= 11 is 0. The molecule has 0 aliphatic heterocycles. The fraction of sp³-hybridized carbons (Fsp3) is 1.00. The summed E-state index contributed by atoms with van der Waals surface area (Å²) in [6.07, 6.45) is 2.92. The molecular formula is C11H23NO3S. The topological polar surface area (TPSA) is 66.4 Å². The van der Waals surface area contributed by atoms with E-state index in [4.69, 9.17) is 0 Å². The van der Waals surface area contributed by atoms with Crippen molar-refractivity contribution in [3.8, 4) is 0 Å². The van der Waals surface area contributed by atoms with Crippen LogP contribution in [-0.2, 0) is 10.0 Å². The lowest BCUT2D eigenvalue weighted by molar-refractivity contribution is 0.178. The van der Waals surface area contributed by atoms with Crippen molar-refractivity contribution in [2.75, 3.05) is 12.3 Å². The zero-order valence-electron chi connectivity index (χ0n) is 10.1. The molecule has 0 saturated heterocycles. The summed E-state index contributed by atoms with van der Waals surface area (Å²) in [5.41, 5.74) is 0. The van der Waals surface area contributed by atoms with Gasteiger partial charge in [-0.15, -0.1) is 0 Å². The predicted molar refractivity (Wildman–Crippen MR) is 64.6 cm³/mol. The predicted octanol–water partition coefficient (Wildman–Crippen LogP) is 1.11. The van der Waals surface area contributed by atoms with E-state index in [-0.39, 0.29) is 11.9 Å². The summed E-state index contributed by atoms with van der Waals surface area (Å²) in [6, 6.07) is 0. The third-order valence-corrected chi connectivity index (χ3v) is 4.45. The van der Waals surface area contributed by atoms with Crippen LogP contribution in [0, 0.1) is 11.8 Å². The van der Waals surface area contributed by atoms with E-state index in [0.717, 1.165) is 19.3 Å². The van der Waals surface area contributed by atoms with Gasteiger partial charge in [-0.3, -0.25) is 0 Å². The summed E-state index contributed by atoms with van der Waals surface area (Å²) in [5, 5.41) is 9.33. The summed E-state index contributed by atoms with van der Waals surface area (Å²) in [6.45, 7) is 4.52. The highest BCUT2D eigenvalue weighted by Gasteiger charge is 2.24. The Morgan fingerprint density at radius 3 is 2.56 bits per heavy atom. The van der Waals surface area contributed by atoms with Crippen LogP contribution in [0.5, 0.6) is 0 Å². The second-order valence-corrected chi connectivity index (χ2v) is 7.11. The zero-order valence-corrected chi connectivity index (χ0v) is 11.0. The lowest BCUT2D eigenvalue weighted by Gasteiger charge is -2.12. The number of sulfonamides is 1. The Morgan fingerprint density at radius 1 is 1.38 bits per heavy atom. The van der Waals surface area contributed by atoms with Gasteiger partial charge in [0.25, 0.3) is 0 Å². The minimum absolute atomic E-state index is 0.208. The lowest BCUT2D eigenvalue weighted by Crippen LogP contribution is -2.31. The maximum Gasteiger partial charge on any atom is 0.211 e. The van der Waals surface area contributed by atoms with Gasteiger partial charge < -0.3 is 5.11 Å². The van der Waals surface area contributed by atoms with Gasteiger partial charge in [-0.05, 0) is 37.5 Å². The highest BCUT2D eigenvalue weighted by atomic mass is 32.2. The molecule has 0 radical (unpaired) electrons. The average Bonchev–Trinajstić information content (AvgIpc) is 2.59. The first-order valence-electron chi connectivity index (χ1n) is 6.04. The summed E-state index contributed by atoms with van der Waals surface area (Å²) in [5.74, 6) is 0.925. The monoisotopic (exact) mass is 249 g/mol. The van der Waals surface area contributed by atoms with Crippen LogP contribution in [0.2, 0.25) is 0 Å². The molecule has 2 atom stereocenters. The third kappa shape index (κ3) is 5.27. The Kier molecular flexibility index (Phi) is 5.21.